The van der Waals surface area contributed by atoms with Crippen molar-refractivity contribution in [3.05, 3.63) is 68.6 Å². The first-order chi connectivity index (χ1) is 19.5. The number of phenols is 2. The molecule has 42 heavy (non-hydrogen) atoms. The van der Waals surface area contributed by atoms with E-state index in [-0.39, 0.29) is 16.9 Å². The molecular weight excluding hydrogens is 728 g/mol. The zero-order valence-electron chi connectivity index (χ0n) is 20.8. The Labute approximate surface area is 253 Å². The van der Waals surface area contributed by atoms with Gasteiger partial charge in [0.15, 0.2) is 11.5 Å². The number of fused-ring (bicyclic) bond motifs is 1. The van der Waals surface area contributed by atoms with Crippen LogP contribution in [0.3, 0.4) is 0 Å². The van der Waals surface area contributed by atoms with Crippen LogP contribution in [0.15, 0.2) is 87.7 Å². The minimum absolute atomic E-state index is 0.166. The smallest absolute Gasteiger partial charge is 0.337 e. The fraction of sp³-hybridized carbons (Fsp3) is 0.0417. The second-order valence-corrected chi connectivity index (χ2v) is 13.0. The number of aromatic carboxylic acids is 1. The molecule has 0 saturated heterocycles. The molecule has 0 aliphatic heterocycles. The summed E-state index contributed by atoms with van der Waals surface area (Å²) in [6.45, 7) is 1.79. The Morgan fingerprint density at radius 2 is 1.19 bits per heavy atom. The fourth-order valence-corrected chi connectivity index (χ4v) is 6.67. The van der Waals surface area contributed by atoms with Crippen LogP contribution in [0.2, 0.25) is 0 Å². The summed E-state index contributed by atoms with van der Waals surface area (Å²) in [6, 6.07) is 9.91. The van der Waals surface area contributed by atoms with Gasteiger partial charge in [0.1, 0.15) is 32.5 Å². The average Bonchev–Trinajstić information content (AvgIpc) is 2.87. The van der Waals surface area contributed by atoms with Crippen molar-refractivity contribution in [3.63, 3.8) is 0 Å². The topological polar surface area (TPSA) is 236 Å². The van der Waals surface area contributed by atoms with Gasteiger partial charge >= 0.3 is 5.97 Å². The van der Waals surface area contributed by atoms with E-state index < -0.39 is 69.6 Å². The Hall–Kier alpha value is -3.81. The second-order valence-electron chi connectivity index (χ2n) is 8.49. The Morgan fingerprint density at radius 3 is 1.67 bits per heavy atom. The lowest BCUT2D eigenvalue weighted by atomic mass is 10.1. The zero-order valence-corrected chi connectivity index (χ0v) is 25.6. The van der Waals surface area contributed by atoms with Gasteiger partial charge in [0.25, 0.3) is 20.2 Å². The number of azo groups is 2. The highest BCUT2D eigenvalue weighted by Gasteiger charge is 2.29. The standard InChI is InChI=1S/C24H16Br2N4O10S2/c1-10-6-13(25)19(14(26)7-10)28-30-21-17(42(38,39)40)9-11-8-16(41(35,36)37)20(22(31)18(11)23(21)32)29-27-15-5-3-2-4-12(15)24(33)34/h2-9,31-32H,1H3,(H,33,34)(H,35,36,37)(H,38,39,40). The predicted molar refractivity (Wildman–Crippen MR) is 155 cm³/mol. The molecule has 0 atom stereocenters. The lowest BCUT2D eigenvalue weighted by Gasteiger charge is -2.13. The van der Waals surface area contributed by atoms with Crippen LogP contribution in [0, 0.1) is 6.92 Å². The molecule has 18 heteroatoms. The molecule has 0 aromatic heterocycles. The van der Waals surface area contributed by atoms with E-state index in [2.05, 4.69) is 52.3 Å². The molecule has 0 radical (unpaired) electrons. The molecule has 4 aromatic rings. The molecule has 0 aliphatic carbocycles. The van der Waals surface area contributed by atoms with Crippen LogP contribution in [-0.4, -0.2) is 47.2 Å². The Morgan fingerprint density at radius 1 is 0.738 bits per heavy atom. The number of hydrogen-bond donors (Lipinski definition) is 5. The normalized spacial score (nSPS) is 12.5. The summed E-state index contributed by atoms with van der Waals surface area (Å²) in [7, 11) is -10.3. The van der Waals surface area contributed by atoms with Crippen molar-refractivity contribution in [2.45, 2.75) is 16.7 Å². The highest BCUT2D eigenvalue weighted by molar-refractivity contribution is 9.11. The van der Waals surface area contributed by atoms with E-state index in [9.17, 15) is 46.1 Å². The van der Waals surface area contributed by atoms with Crippen molar-refractivity contribution in [1.29, 1.82) is 0 Å². The quantitative estimate of drug-likeness (QED) is 0.0950. The van der Waals surface area contributed by atoms with Gasteiger partial charge in [-0.2, -0.15) is 16.8 Å². The van der Waals surface area contributed by atoms with Gasteiger partial charge < -0.3 is 15.3 Å². The minimum atomic E-state index is -5.18. The van der Waals surface area contributed by atoms with Crippen LogP contribution < -0.4 is 0 Å². The molecule has 0 aliphatic rings. The van der Waals surface area contributed by atoms with Gasteiger partial charge in [-0.05, 0) is 86.1 Å². The van der Waals surface area contributed by atoms with Crippen molar-refractivity contribution in [2.24, 2.45) is 20.5 Å². The van der Waals surface area contributed by atoms with Crippen molar-refractivity contribution in [1.82, 2.24) is 0 Å². The summed E-state index contributed by atoms with van der Waals surface area (Å²) in [6.07, 6.45) is 0. The van der Waals surface area contributed by atoms with Crippen molar-refractivity contribution in [3.8, 4) is 11.5 Å². The number of hydrogen-bond acceptors (Lipinski definition) is 11. The molecule has 0 fully saturated rings. The monoisotopic (exact) mass is 742 g/mol. The zero-order chi connectivity index (χ0) is 31.1. The van der Waals surface area contributed by atoms with E-state index >= 15 is 0 Å². The Kier molecular flexibility index (Phi) is 8.50. The summed E-state index contributed by atoms with van der Waals surface area (Å²) in [4.78, 5) is 9.41. The molecule has 4 rings (SSSR count). The molecular formula is C24H16Br2N4O10S2. The molecule has 0 saturated carbocycles. The number of aryl methyl sites for hydroxylation is 1. The first-order valence-corrected chi connectivity index (χ1v) is 15.6. The molecule has 218 valence electrons. The molecule has 5 N–H and O–H groups in total. The lowest BCUT2D eigenvalue weighted by Crippen LogP contribution is -2.02. The van der Waals surface area contributed by atoms with Gasteiger partial charge in [-0.3, -0.25) is 9.11 Å². The SMILES string of the molecule is Cc1cc(Br)c(N=Nc2c(S(=O)(=O)O)cc3cc(S(=O)(=O)O)c(N=Nc4ccccc4C(=O)O)c(O)c3c2O)c(Br)c1. The van der Waals surface area contributed by atoms with Crippen LogP contribution in [0.4, 0.5) is 22.7 Å². The van der Waals surface area contributed by atoms with Gasteiger partial charge in [0.2, 0.25) is 0 Å². The van der Waals surface area contributed by atoms with Crippen LogP contribution in [0.5, 0.6) is 11.5 Å². The summed E-state index contributed by atoms with van der Waals surface area (Å²) in [5.41, 5.74) is -1.34. The third kappa shape index (κ3) is 6.18. The number of nitrogens with zero attached hydrogens (tertiary/aromatic N) is 4. The van der Waals surface area contributed by atoms with Crippen LogP contribution >= 0.6 is 31.9 Å². The molecule has 0 amide bonds. The average molecular weight is 744 g/mol. The maximum Gasteiger partial charge on any atom is 0.337 e. The first-order valence-electron chi connectivity index (χ1n) is 11.1. The van der Waals surface area contributed by atoms with E-state index in [1.807, 2.05) is 0 Å². The van der Waals surface area contributed by atoms with Gasteiger partial charge in [-0.15, -0.1) is 20.5 Å². The number of halogens is 2. The highest BCUT2D eigenvalue weighted by atomic mass is 79.9. The molecule has 0 unspecified atom stereocenters. The van der Waals surface area contributed by atoms with Crippen molar-refractivity contribution >= 4 is 91.6 Å². The Balaban J connectivity index is 2.06. The molecule has 0 heterocycles. The van der Waals surface area contributed by atoms with Gasteiger partial charge in [0.05, 0.1) is 10.9 Å². The molecule has 4 aromatic carbocycles. The van der Waals surface area contributed by atoms with E-state index in [4.69, 9.17) is 0 Å². The Bertz CT molecular complexity index is 2060. The molecule has 0 spiro atoms. The number of phenolic OH excluding ortho intramolecular Hbond substituents is 2. The third-order valence-electron chi connectivity index (χ3n) is 5.61. The predicted octanol–water partition coefficient (Wildman–Crippen LogP) is 7.11. The van der Waals surface area contributed by atoms with Crippen LogP contribution in [0.1, 0.15) is 15.9 Å². The summed E-state index contributed by atoms with van der Waals surface area (Å²) >= 11 is 6.58. The minimum Gasteiger partial charge on any atom is -0.505 e. The fourth-order valence-electron chi connectivity index (χ4n) is 3.78. The van der Waals surface area contributed by atoms with E-state index in [0.29, 0.717) is 21.1 Å². The van der Waals surface area contributed by atoms with E-state index in [1.54, 1.807) is 19.1 Å². The van der Waals surface area contributed by atoms with E-state index in [0.717, 1.165) is 5.56 Å². The summed E-state index contributed by atoms with van der Waals surface area (Å²) in [5, 5.41) is 45.5. The number of benzene rings is 4. The first kappa shape index (κ1) is 31.1. The third-order valence-corrected chi connectivity index (χ3v) is 8.55. The number of rotatable bonds is 7. The molecule has 0 bridgehead atoms. The molecule has 14 nitrogen and oxygen atoms in total. The number of aromatic hydroxyl groups is 2. The van der Waals surface area contributed by atoms with Crippen molar-refractivity contribution in [2.75, 3.05) is 0 Å². The van der Waals surface area contributed by atoms with E-state index in [1.165, 1.54) is 24.3 Å². The van der Waals surface area contributed by atoms with Gasteiger partial charge in [0, 0.05) is 8.95 Å². The second kappa shape index (κ2) is 11.5. The van der Waals surface area contributed by atoms with Crippen molar-refractivity contribution < 1.29 is 46.1 Å². The van der Waals surface area contributed by atoms with Crippen LogP contribution in [0.25, 0.3) is 10.8 Å². The number of carboxylic acids is 1. The lowest BCUT2D eigenvalue weighted by molar-refractivity contribution is 0.0697. The summed E-state index contributed by atoms with van der Waals surface area (Å²) < 4.78 is 69.4. The van der Waals surface area contributed by atoms with Crippen LogP contribution in [-0.2, 0) is 20.2 Å². The maximum atomic E-state index is 12.2. The number of carboxylic acid groups (broad SMARTS) is 1. The maximum absolute atomic E-state index is 12.2. The number of carbonyl (C=O) groups is 1. The summed E-state index contributed by atoms with van der Waals surface area (Å²) in [5.74, 6) is -3.56. The van der Waals surface area contributed by atoms with Gasteiger partial charge in [-0.25, -0.2) is 4.79 Å². The highest BCUT2D eigenvalue weighted by Crippen LogP contribution is 2.50. The largest absolute Gasteiger partial charge is 0.505 e. The van der Waals surface area contributed by atoms with Gasteiger partial charge in [-0.1, -0.05) is 12.1 Å².